The van der Waals surface area contributed by atoms with Crippen LogP contribution in [0.25, 0.3) is 0 Å². The SMILES string of the molecule is C#N.C#N.COc1cc(C=NN)ccc1OCc1cccs1. The average molecular weight is 316 g/mol. The van der Waals surface area contributed by atoms with E-state index in [9.17, 15) is 0 Å². The molecule has 0 aliphatic rings. The number of thiophene rings is 1. The minimum absolute atomic E-state index is 0.540. The Hall–Kier alpha value is -3.03. The normalized spacial score (nSPS) is 8.95. The van der Waals surface area contributed by atoms with E-state index in [2.05, 4.69) is 18.2 Å². The highest BCUT2D eigenvalue weighted by Crippen LogP contribution is 2.28. The molecule has 1 aromatic carbocycles. The molecule has 0 saturated heterocycles. The van der Waals surface area contributed by atoms with Crippen molar-refractivity contribution in [1.82, 2.24) is 0 Å². The van der Waals surface area contributed by atoms with Crippen molar-refractivity contribution in [2.24, 2.45) is 10.9 Å². The van der Waals surface area contributed by atoms with E-state index >= 15 is 0 Å². The number of hydrazone groups is 1. The Balaban J connectivity index is 0.00000102. The molecular formula is C15H16N4O2S. The van der Waals surface area contributed by atoms with Crippen LogP contribution in [0, 0.1) is 23.7 Å². The van der Waals surface area contributed by atoms with E-state index in [0.29, 0.717) is 18.1 Å². The summed E-state index contributed by atoms with van der Waals surface area (Å²) in [5.41, 5.74) is 0.873. The van der Waals surface area contributed by atoms with Crippen LogP contribution in [-0.2, 0) is 6.61 Å². The van der Waals surface area contributed by atoms with Crippen LogP contribution in [0.5, 0.6) is 11.5 Å². The minimum Gasteiger partial charge on any atom is -0.493 e. The third kappa shape index (κ3) is 5.95. The van der Waals surface area contributed by atoms with E-state index in [-0.39, 0.29) is 0 Å². The first-order chi connectivity index (χ1) is 10.8. The third-order valence-corrected chi connectivity index (χ3v) is 3.21. The highest BCUT2D eigenvalue weighted by atomic mass is 32.1. The quantitative estimate of drug-likeness (QED) is 0.519. The highest BCUT2D eigenvalue weighted by molar-refractivity contribution is 7.09. The van der Waals surface area contributed by atoms with Gasteiger partial charge < -0.3 is 15.3 Å². The first kappa shape index (κ1) is 19.0. The van der Waals surface area contributed by atoms with Gasteiger partial charge in [0.05, 0.1) is 13.3 Å². The van der Waals surface area contributed by atoms with E-state index in [4.69, 9.17) is 25.8 Å². The molecule has 0 bridgehead atoms. The van der Waals surface area contributed by atoms with Crippen molar-refractivity contribution in [3.05, 3.63) is 46.2 Å². The van der Waals surface area contributed by atoms with Gasteiger partial charge in [0, 0.05) is 18.0 Å². The number of methoxy groups -OCH3 is 1. The van der Waals surface area contributed by atoms with Gasteiger partial charge >= 0.3 is 0 Å². The highest BCUT2D eigenvalue weighted by Gasteiger charge is 2.05. The topological polar surface area (TPSA) is 104 Å². The van der Waals surface area contributed by atoms with Crippen LogP contribution in [-0.4, -0.2) is 13.3 Å². The van der Waals surface area contributed by atoms with Gasteiger partial charge in [0.2, 0.25) is 0 Å². The molecule has 0 radical (unpaired) electrons. The Bertz CT molecular complexity index is 601. The van der Waals surface area contributed by atoms with Crippen molar-refractivity contribution in [2.45, 2.75) is 6.61 Å². The van der Waals surface area contributed by atoms with E-state index in [1.807, 2.05) is 35.7 Å². The molecule has 0 aliphatic carbocycles. The fraction of sp³-hybridized carbons (Fsp3) is 0.133. The van der Waals surface area contributed by atoms with Crippen molar-refractivity contribution >= 4 is 17.6 Å². The van der Waals surface area contributed by atoms with Crippen LogP contribution in [0.1, 0.15) is 10.4 Å². The van der Waals surface area contributed by atoms with Gasteiger partial charge in [-0.3, -0.25) is 0 Å². The maximum absolute atomic E-state index is 6.50. The monoisotopic (exact) mass is 316 g/mol. The van der Waals surface area contributed by atoms with Crippen molar-refractivity contribution in [1.29, 1.82) is 10.5 Å². The Morgan fingerprint density at radius 1 is 1.23 bits per heavy atom. The van der Waals surface area contributed by atoms with Gasteiger partial charge in [-0.15, -0.1) is 11.3 Å². The number of hydrogen-bond acceptors (Lipinski definition) is 7. The summed E-state index contributed by atoms with van der Waals surface area (Å²) in [6.45, 7) is 7.54. The lowest BCUT2D eigenvalue weighted by molar-refractivity contribution is 0.287. The standard InChI is InChI=1S/C13H14N2O2S.2CHN/c1-16-13-7-10(8-15-14)4-5-12(13)17-9-11-3-2-6-18-11;2*1-2/h2-8H,9,14H2,1H3;2*1H. The predicted molar refractivity (Wildman–Crippen MR) is 86.8 cm³/mol. The fourth-order valence-electron chi connectivity index (χ4n) is 1.51. The number of nitrogens with zero attached hydrogens (tertiary/aromatic N) is 3. The van der Waals surface area contributed by atoms with E-state index in [1.165, 1.54) is 4.88 Å². The molecule has 6 nitrogen and oxygen atoms in total. The second kappa shape index (κ2) is 11.8. The molecule has 7 heteroatoms. The van der Waals surface area contributed by atoms with Crippen LogP contribution < -0.4 is 15.3 Å². The molecule has 2 rings (SSSR count). The molecule has 0 unspecified atom stereocenters. The summed E-state index contributed by atoms with van der Waals surface area (Å²) in [6.07, 6.45) is 1.56. The largest absolute Gasteiger partial charge is 0.493 e. The van der Waals surface area contributed by atoms with Crippen LogP contribution in [0.3, 0.4) is 0 Å². The summed E-state index contributed by atoms with van der Waals surface area (Å²) < 4.78 is 11.0. The molecule has 0 amide bonds. The molecule has 22 heavy (non-hydrogen) atoms. The van der Waals surface area contributed by atoms with Gasteiger partial charge in [-0.1, -0.05) is 6.07 Å². The summed E-state index contributed by atoms with van der Waals surface area (Å²) in [6, 6.07) is 9.60. The van der Waals surface area contributed by atoms with Gasteiger partial charge in [-0.2, -0.15) is 5.10 Å². The van der Waals surface area contributed by atoms with Crippen molar-refractivity contribution in [3.8, 4) is 24.6 Å². The number of hydrogen-bond donors (Lipinski definition) is 1. The zero-order valence-corrected chi connectivity index (χ0v) is 12.9. The second-order valence-electron chi connectivity index (χ2n) is 3.56. The summed E-state index contributed by atoms with van der Waals surface area (Å²) >= 11 is 1.66. The smallest absolute Gasteiger partial charge is 0.161 e. The summed E-state index contributed by atoms with van der Waals surface area (Å²) in [7, 11) is 1.61. The molecule has 0 aliphatic heterocycles. The molecule has 1 heterocycles. The fourth-order valence-corrected chi connectivity index (χ4v) is 2.13. The molecule has 1 aromatic heterocycles. The zero-order chi connectivity index (χ0) is 16.8. The minimum atomic E-state index is 0.540. The molecule has 0 saturated carbocycles. The lowest BCUT2D eigenvalue weighted by Gasteiger charge is -2.10. The first-order valence-corrected chi connectivity index (χ1v) is 6.79. The van der Waals surface area contributed by atoms with Gasteiger partial charge in [-0.05, 0) is 35.2 Å². The number of ether oxygens (including phenoxy) is 2. The van der Waals surface area contributed by atoms with Crippen LogP contribution in [0.15, 0.2) is 40.8 Å². The van der Waals surface area contributed by atoms with Crippen molar-refractivity contribution in [3.63, 3.8) is 0 Å². The van der Waals surface area contributed by atoms with Crippen LogP contribution in [0.4, 0.5) is 0 Å². The number of nitriles is 2. The lowest BCUT2D eigenvalue weighted by atomic mass is 10.2. The third-order valence-electron chi connectivity index (χ3n) is 2.36. The van der Waals surface area contributed by atoms with E-state index < -0.39 is 0 Å². The van der Waals surface area contributed by atoms with Crippen molar-refractivity contribution in [2.75, 3.05) is 7.11 Å². The van der Waals surface area contributed by atoms with Crippen molar-refractivity contribution < 1.29 is 9.47 Å². The Labute approximate surface area is 133 Å². The van der Waals surface area contributed by atoms with Gasteiger partial charge in [0.1, 0.15) is 6.61 Å². The number of benzene rings is 1. The maximum atomic E-state index is 6.50. The predicted octanol–water partition coefficient (Wildman–Crippen LogP) is 2.91. The van der Waals surface area contributed by atoms with Gasteiger partial charge in [0.15, 0.2) is 11.5 Å². The van der Waals surface area contributed by atoms with E-state index in [1.54, 1.807) is 24.7 Å². The molecule has 114 valence electrons. The maximum Gasteiger partial charge on any atom is 0.161 e. The molecular weight excluding hydrogens is 300 g/mol. The lowest BCUT2D eigenvalue weighted by Crippen LogP contribution is -1.97. The first-order valence-electron chi connectivity index (χ1n) is 5.91. The summed E-state index contributed by atoms with van der Waals surface area (Å²) in [4.78, 5) is 1.17. The van der Waals surface area contributed by atoms with E-state index in [0.717, 1.165) is 5.56 Å². The number of nitrogens with two attached hydrogens (primary N) is 1. The Morgan fingerprint density at radius 2 is 1.95 bits per heavy atom. The van der Waals surface area contributed by atoms with Gasteiger partial charge in [-0.25, -0.2) is 10.5 Å². The average Bonchev–Trinajstić information content (AvgIpc) is 3.11. The molecule has 0 atom stereocenters. The van der Waals surface area contributed by atoms with Crippen LogP contribution in [0.2, 0.25) is 0 Å². The molecule has 0 spiro atoms. The van der Waals surface area contributed by atoms with Crippen LogP contribution >= 0.6 is 11.3 Å². The Morgan fingerprint density at radius 3 is 2.50 bits per heavy atom. The Kier molecular flexibility index (Phi) is 10.1. The number of rotatable bonds is 5. The van der Waals surface area contributed by atoms with Gasteiger partial charge in [0.25, 0.3) is 0 Å². The second-order valence-corrected chi connectivity index (χ2v) is 4.59. The molecule has 2 N–H and O–H groups in total. The molecule has 0 fully saturated rings. The summed E-state index contributed by atoms with van der Waals surface area (Å²) in [5.74, 6) is 6.49. The summed E-state index contributed by atoms with van der Waals surface area (Å²) in [5, 5.41) is 18.5. The zero-order valence-electron chi connectivity index (χ0n) is 12.0. The molecule has 2 aromatic rings.